The molecule has 0 unspecified atom stereocenters. The summed E-state index contributed by atoms with van der Waals surface area (Å²) >= 11 is 0. The van der Waals surface area contributed by atoms with Crippen LogP contribution in [0.15, 0.2) is 84.0 Å². The van der Waals surface area contributed by atoms with Crippen molar-refractivity contribution in [2.75, 3.05) is 0 Å². The Balaban J connectivity index is 2.03. The number of H-pyrrole nitrogens is 1. The number of nitrogens with one attached hydrogen (secondary N) is 1. The summed E-state index contributed by atoms with van der Waals surface area (Å²) < 4.78 is 0. The predicted molar refractivity (Wildman–Crippen MR) is 108 cm³/mol. The van der Waals surface area contributed by atoms with Crippen molar-refractivity contribution in [3.05, 3.63) is 89.3 Å². The Kier molecular flexibility index (Phi) is 3.17. The lowest BCUT2D eigenvalue weighted by molar-refractivity contribution is 1.48. The van der Waals surface area contributed by atoms with E-state index in [-0.39, 0.29) is 0 Å². The molecular weight excluding hydrogens is 320 g/mol. The standard InChI is InChI=1S/C22H14N4/c23-26-25-20-12-6-3-9-16(20)18-13-14-7-1-2-8-15(14)22-21(18)17-10-4-5-11-19(17)24-22/h1-13,24H. The number of hydrogen-bond donors (Lipinski definition) is 1. The largest absolute Gasteiger partial charge is 0.354 e. The number of aromatic amines is 1. The van der Waals surface area contributed by atoms with Crippen molar-refractivity contribution < 1.29 is 0 Å². The van der Waals surface area contributed by atoms with E-state index in [2.05, 4.69) is 51.4 Å². The fourth-order valence-corrected chi connectivity index (χ4v) is 3.75. The Morgan fingerprint density at radius 2 is 1.50 bits per heavy atom. The second-order valence-corrected chi connectivity index (χ2v) is 6.27. The van der Waals surface area contributed by atoms with Crippen molar-refractivity contribution >= 4 is 38.3 Å². The van der Waals surface area contributed by atoms with Crippen molar-refractivity contribution in [1.82, 2.24) is 4.98 Å². The molecule has 26 heavy (non-hydrogen) atoms. The first-order valence-corrected chi connectivity index (χ1v) is 8.43. The van der Waals surface area contributed by atoms with E-state index in [4.69, 9.17) is 5.53 Å². The number of hydrogen-bond acceptors (Lipinski definition) is 1. The Bertz CT molecular complexity index is 1340. The van der Waals surface area contributed by atoms with Crippen LogP contribution in [0.5, 0.6) is 0 Å². The molecule has 0 radical (unpaired) electrons. The molecule has 4 aromatic carbocycles. The van der Waals surface area contributed by atoms with Crippen LogP contribution >= 0.6 is 0 Å². The highest BCUT2D eigenvalue weighted by Gasteiger charge is 2.15. The van der Waals surface area contributed by atoms with Crippen LogP contribution in [0, 0.1) is 0 Å². The van der Waals surface area contributed by atoms with Crippen molar-refractivity contribution in [2.24, 2.45) is 5.11 Å². The van der Waals surface area contributed by atoms with Crippen LogP contribution in [0.3, 0.4) is 0 Å². The van der Waals surface area contributed by atoms with Gasteiger partial charge in [-0.25, -0.2) is 0 Å². The molecule has 0 spiro atoms. The fourth-order valence-electron chi connectivity index (χ4n) is 3.75. The van der Waals surface area contributed by atoms with E-state index in [0.717, 1.165) is 32.9 Å². The summed E-state index contributed by atoms with van der Waals surface area (Å²) in [5.41, 5.74) is 13.8. The third kappa shape index (κ3) is 2.07. The minimum absolute atomic E-state index is 0.636. The van der Waals surface area contributed by atoms with Gasteiger partial charge in [-0.2, -0.15) is 0 Å². The zero-order chi connectivity index (χ0) is 17.5. The number of nitrogens with zero attached hydrogens (tertiary/aromatic N) is 3. The number of azide groups is 1. The molecular formula is C22H14N4. The normalized spacial score (nSPS) is 11.1. The Morgan fingerprint density at radius 3 is 2.38 bits per heavy atom. The summed E-state index contributed by atoms with van der Waals surface area (Å²) in [6, 6.07) is 26.6. The van der Waals surface area contributed by atoms with Gasteiger partial charge in [0.25, 0.3) is 0 Å². The monoisotopic (exact) mass is 334 g/mol. The maximum atomic E-state index is 8.96. The summed E-state index contributed by atoms with van der Waals surface area (Å²) in [5, 5.41) is 8.56. The van der Waals surface area contributed by atoms with E-state index in [1.165, 1.54) is 10.8 Å². The molecule has 5 rings (SSSR count). The number of rotatable bonds is 2. The summed E-state index contributed by atoms with van der Waals surface area (Å²) in [6.45, 7) is 0. The molecule has 1 N–H and O–H groups in total. The maximum absolute atomic E-state index is 8.96. The van der Waals surface area contributed by atoms with Crippen LogP contribution < -0.4 is 0 Å². The molecule has 0 saturated heterocycles. The van der Waals surface area contributed by atoms with E-state index in [0.29, 0.717) is 5.69 Å². The highest BCUT2D eigenvalue weighted by Crippen LogP contribution is 2.42. The van der Waals surface area contributed by atoms with E-state index >= 15 is 0 Å². The highest BCUT2D eigenvalue weighted by atomic mass is 15.1. The molecule has 1 heterocycles. The molecule has 0 bridgehead atoms. The lowest BCUT2D eigenvalue weighted by Gasteiger charge is -2.10. The Morgan fingerprint density at radius 1 is 0.769 bits per heavy atom. The average molecular weight is 334 g/mol. The molecule has 122 valence electrons. The van der Waals surface area contributed by atoms with Crippen LogP contribution in [0.2, 0.25) is 0 Å². The van der Waals surface area contributed by atoms with Gasteiger partial charge in [-0.05, 0) is 34.2 Å². The molecule has 4 nitrogen and oxygen atoms in total. The number of benzene rings is 4. The first-order valence-electron chi connectivity index (χ1n) is 8.43. The minimum atomic E-state index is 0.636. The van der Waals surface area contributed by atoms with E-state index in [1.807, 2.05) is 42.5 Å². The first kappa shape index (κ1) is 14.6. The minimum Gasteiger partial charge on any atom is -0.354 e. The number of para-hydroxylation sites is 1. The maximum Gasteiger partial charge on any atom is 0.0550 e. The van der Waals surface area contributed by atoms with Crippen LogP contribution in [0.4, 0.5) is 5.69 Å². The van der Waals surface area contributed by atoms with Gasteiger partial charge >= 0.3 is 0 Å². The molecule has 0 atom stereocenters. The molecule has 1 aromatic heterocycles. The summed E-state index contributed by atoms with van der Waals surface area (Å²) in [6.07, 6.45) is 0. The molecule has 0 aliphatic carbocycles. The van der Waals surface area contributed by atoms with Gasteiger partial charge in [-0.3, -0.25) is 0 Å². The number of aromatic nitrogens is 1. The molecule has 0 aliphatic rings. The fraction of sp³-hybridized carbons (Fsp3) is 0. The first-order chi connectivity index (χ1) is 12.9. The van der Waals surface area contributed by atoms with E-state index in [9.17, 15) is 0 Å². The Hall–Kier alpha value is -3.75. The lowest BCUT2D eigenvalue weighted by atomic mass is 9.94. The zero-order valence-corrected chi connectivity index (χ0v) is 13.8. The van der Waals surface area contributed by atoms with Crippen molar-refractivity contribution in [1.29, 1.82) is 0 Å². The second-order valence-electron chi connectivity index (χ2n) is 6.27. The van der Waals surface area contributed by atoms with Gasteiger partial charge in [-0.15, -0.1) is 0 Å². The van der Waals surface area contributed by atoms with Crippen LogP contribution in [0.1, 0.15) is 0 Å². The molecule has 0 aliphatic heterocycles. The molecule has 0 fully saturated rings. The molecule has 5 aromatic rings. The van der Waals surface area contributed by atoms with Gasteiger partial charge in [0, 0.05) is 32.3 Å². The van der Waals surface area contributed by atoms with Crippen molar-refractivity contribution in [3.63, 3.8) is 0 Å². The van der Waals surface area contributed by atoms with Gasteiger partial charge in [0.1, 0.15) is 0 Å². The second kappa shape index (κ2) is 5.66. The molecule has 0 saturated carbocycles. The van der Waals surface area contributed by atoms with Crippen molar-refractivity contribution in [2.45, 2.75) is 0 Å². The van der Waals surface area contributed by atoms with Gasteiger partial charge < -0.3 is 4.98 Å². The number of fused-ring (bicyclic) bond motifs is 5. The van der Waals surface area contributed by atoms with E-state index in [1.54, 1.807) is 0 Å². The SMILES string of the molecule is [N-]=[N+]=Nc1ccccc1-c1cc2ccccc2c2[nH]c3ccccc3c12. The van der Waals surface area contributed by atoms with Gasteiger partial charge in [0.2, 0.25) is 0 Å². The highest BCUT2D eigenvalue weighted by molar-refractivity contribution is 6.23. The van der Waals surface area contributed by atoms with Crippen LogP contribution in [-0.4, -0.2) is 4.98 Å². The van der Waals surface area contributed by atoms with Crippen molar-refractivity contribution in [3.8, 4) is 11.1 Å². The third-order valence-corrected chi connectivity index (χ3v) is 4.85. The third-order valence-electron chi connectivity index (χ3n) is 4.85. The lowest BCUT2D eigenvalue weighted by Crippen LogP contribution is -1.84. The quantitative estimate of drug-likeness (QED) is 0.203. The van der Waals surface area contributed by atoms with Gasteiger partial charge in [0.05, 0.1) is 5.52 Å². The molecule has 4 heteroatoms. The molecule has 0 amide bonds. The van der Waals surface area contributed by atoms with Crippen LogP contribution in [0.25, 0.3) is 54.1 Å². The summed E-state index contributed by atoms with van der Waals surface area (Å²) in [4.78, 5) is 6.58. The van der Waals surface area contributed by atoms with Gasteiger partial charge in [-0.1, -0.05) is 71.8 Å². The predicted octanol–water partition coefficient (Wildman–Crippen LogP) is 7.08. The summed E-state index contributed by atoms with van der Waals surface area (Å²) in [7, 11) is 0. The topological polar surface area (TPSA) is 64.6 Å². The van der Waals surface area contributed by atoms with Gasteiger partial charge in [0.15, 0.2) is 0 Å². The zero-order valence-electron chi connectivity index (χ0n) is 13.8. The van der Waals surface area contributed by atoms with Crippen LogP contribution in [-0.2, 0) is 0 Å². The smallest absolute Gasteiger partial charge is 0.0550 e. The Labute approximate surface area is 149 Å². The van der Waals surface area contributed by atoms with E-state index < -0.39 is 0 Å². The average Bonchev–Trinajstić information content (AvgIpc) is 3.08. The summed E-state index contributed by atoms with van der Waals surface area (Å²) in [5.74, 6) is 0.